The summed E-state index contributed by atoms with van der Waals surface area (Å²) in [6.07, 6.45) is 0. The molecular formula is C12H13NO2S. The van der Waals surface area contributed by atoms with Crippen LogP contribution < -0.4 is 5.32 Å². The molecule has 0 aliphatic rings. The first-order chi connectivity index (χ1) is 7.77. The molecule has 2 rings (SSSR count). The first-order valence-electron chi connectivity index (χ1n) is 5.00. The number of aromatic hydroxyl groups is 2. The molecular weight excluding hydrogens is 222 g/mol. The SMILES string of the molecule is Oc1cccc(CNCc2cccs2)c1O. The highest BCUT2D eigenvalue weighted by Gasteiger charge is 2.04. The number of thiophene rings is 1. The van der Waals surface area contributed by atoms with Crippen LogP contribution in [0, 0.1) is 0 Å². The number of phenols is 2. The predicted molar refractivity (Wildman–Crippen MR) is 64.6 cm³/mol. The molecule has 3 nitrogen and oxygen atoms in total. The van der Waals surface area contributed by atoms with Crippen molar-refractivity contribution in [2.75, 3.05) is 0 Å². The van der Waals surface area contributed by atoms with Crippen molar-refractivity contribution in [1.82, 2.24) is 5.32 Å². The van der Waals surface area contributed by atoms with E-state index in [0.29, 0.717) is 12.1 Å². The molecule has 0 aliphatic carbocycles. The molecule has 0 radical (unpaired) electrons. The van der Waals surface area contributed by atoms with E-state index in [1.54, 1.807) is 23.5 Å². The zero-order chi connectivity index (χ0) is 11.4. The second kappa shape index (κ2) is 5.01. The molecule has 1 heterocycles. The van der Waals surface area contributed by atoms with Crippen molar-refractivity contribution in [1.29, 1.82) is 0 Å². The molecule has 1 aromatic carbocycles. The zero-order valence-corrected chi connectivity index (χ0v) is 9.50. The van der Waals surface area contributed by atoms with Crippen LogP contribution in [0.15, 0.2) is 35.7 Å². The van der Waals surface area contributed by atoms with E-state index in [4.69, 9.17) is 0 Å². The van der Waals surface area contributed by atoms with Crippen LogP contribution >= 0.6 is 11.3 Å². The zero-order valence-electron chi connectivity index (χ0n) is 8.68. The van der Waals surface area contributed by atoms with E-state index in [2.05, 4.69) is 11.4 Å². The van der Waals surface area contributed by atoms with Crippen LogP contribution in [0.3, 0.4) is 0 Å². The van der Waals surface area contributed by atoms with Gasteiger partial charge in [-0.1, -0.05) is 18.2 Å². The first-order valence-corrected chi connectivity index (χ1v) is 5.88. The Morgan fingerprint density at radius 2 is 1.94 bits per heavy atom. The Hall–Kier alpha value is -1.52. The van der Waals surface area contributed by atoms with Crippen molar-refractivity contribution in [3.8, 4) is 11.5 Å². The molecule has 0 fully saturated rings. The van der Waals surface area contributed by atoms with Crippen LogP contribution in [-0.4, -0.2) is 10.2 Å². The van der Waals surface area contributed by atoms with Crippen LogP contribution in [0.1, 0.15) is 10.4 Å². The molecule has 0 aliphatic heterocycles. The van der Waals surface area contributed by atoms with Crippen LogP contribution in [0.5, 0.6) is 11.5 Å². The summed E-state index contributed by atoms with van der Waals surface area (Å²) in [5, 5.41) is 24.1. The molecule has 1 aromatic heterocycles. The quantitative estimate of drug-likeness (QED) is 0.713. The first kappa shape index (κ1) is 11.0. The van der Waals surface area contributed by atoms with E-state index in [-0.39, 0.29) is 11.5 Å². The maximum atomic E-state index is 9.57. The lowest BCUT2D eigenvalue weighted by molar-refractivity contribution is 0.398. The van der Waals surface area contributed by atoms with Gasteiger partial charge in [0, 0.05) is 23.5 Å². The van der Waals surface area contributed by atoms with Gasteiger partial charge in [0.05, 0.1) is 0 Å². The Bertz CT molecular complexity index is 454. The van der Waals surface area contributed by atoms with E-state index >= 15 is 0 Å². The third kappa shape index (κ3) is 2.53. The summed E-state index contributed by atoms with van der Waals surface area (Å²) in [6, 6.07) is 9.04. The van der Waals surface area contributed by atoms with Crippen molar-refractivity contribution >= 4 is 11.3 Å². The molecule has 4 heteroatoms. The summed E-state index contributed by atoms with van der Waals surface area (Å²) in [5.74, 6) is -0.114. The summed E-state index contributed by atoms with van der Waals surface area (Å²) >= 11 is 1.69. The van der Waals surface area contributed by atoms with E-state index in [9.17, 15) is 10.2 Å². The normalized spacial score (nSPS) is 10.5. The van der Waals surface area contributed by atoms with Crippen LogP contribution in [0.2, 0.25) is 0 Å². The van der Waals surface area contributed by atoms with Gasteiger partial charge in [0.2, 0.25) is 0 Å². The van der Waals surface area contributed by atoms with E-state index in [0.717, 1.165) is 6.54 Å². The standard InChI is InChI=1S/C12H13NO2S/c14-11-5-1-3-9(12(11)15)7-13-8-10-4-2-6-16-10/h1-6,13-15H,7-8H2. The minimum atomic E-state index is -0.0737. The number of hydrogen-bond acceptors (Lipinski definition) is 4. The highest BCUT2D eigenvalue weighted by atomic mass is 32.1. The second-order valence-corrected chi connectivity index (χ2v) is 4.50. The second-order valence-electron chi connectivity index (χ2n) is 3.47. The summed E-state index contributed by atoms with van der Waals surface area (Å²) < 4.78 is 0. The van der Waals surface area contributed by atoms with Gasteiger partial charge in [0.15, 0.2) is 11.5 Å². The third-order valence-corrected chi connectivity index (χ3v) is 3.17. The number of nitrogens with one attached hydrogen (secondary N) is 1. The van der Waals surface area contributed by atoms with Crippen molar-refractivity contribution in [3.63, 3.8) is 0 Å². The predicted octanol–water partition coefficient (Wildman–Crippen LogP) is 2.45. The lowest BCUT2D eigenvalue weighted by Crippen LogP contribution is -2.11. The fourth-order valence-corrected chi connectivity index (χ4v) is 2.13. The highest BCUT2D eigenvalue weighted by Crippen LogP contribution is 2.27. The van der Waals surface area contributed by atoms with Crippen LogP contribution in [-0.2, 0) is 13.1 Å². The van der Waals surface area contributed by atoms with Gasteiger partial charge in [-0.15, -0.1) is 11.3 Å². The Balaban J connectivity index is 1.92. The topological polar surface area (TPSA) is 52.5 Å². The Labute approximate surface area is 98.0 Å². The molecule has 0 spiro atoms. The van der Waals surface area contributed by atoms with Gasteiger partial charge in [-0.25, -0.2) is 0 Å². The fourth-order valence-electron chi connectivity index (χ4n) is 1.45. The Morgan fingerprint density at radius 3 is 2.69 bits per heavy atom. The number of para-hydroxylation sites is 1. The Kier molecular flexibility index (Phi) is 3.44. The molecule has 3 N–H and O–H groups in total. The van der Waals surface area contributed by atoms with Gasteiger partial charge in [-0.3, -0.25) is 0 Å². The number of phenolic OH excluding ortho intramolecular Hbond substituents is 2. The average molecular weight is 235 g/mol. The molecule has 0 bridgehead atoms. The Morgan fingerprint density at radius 1 is 1.06 bits per heavy atom. The van der Waals surface area contributed by atoms with Gasteiger partial charge in [0.25, 0.3) is 0 Å². The maximum absolute atomic E-state index is 9.57. The molecule has 0 unspecified atom stereocenters. The summed E-state index contributed by atoms with van der Waals surface area (Å²) in [4.78, 5) is 1.25. The molecule has 2 aromatic rings. The van der Waals surface area contributed by atoms with E-state index in [1.165, 1.54) is 10.9 Å². The smallest absolute Gasteiger partial charge is 0.161 e. The van der Waals surface area contributed by atoms with Gasteiger partial charge >= 0.3 is 0 Å². The molecule has 84 valence electrons. The van der Waals surface area contributed by atoms with Gasteiger partial charge in [-0.2, -0.15) is 0 Å². The average Bonchev–Trinajstić information content (AvgIpc) is 2.77. The van der Waals surface area contributed by atoms with Gasteiger partial charge in [-0.05, 0) is 17.5 Å². The maximum Gasteiger partial charge on any atom is 0.161 e. The lowest BCUT2D eigenvalue weighted by atomic mass is 10.2. The van der Waals surface area contributed by atoms with Gasteiger partial charge < -0.3 is 15.5 Å². The van der Waals surface area contributed by atoms with Gasteiger partial charge in [0.1, 0.15) is 0 Å². The van der Waals surface area contributed by atoms with Crippen molar-refractivity contribution in [2.24, 2.45) is 0 Å². The number of benzene rings is 1. The summed E-state index contributed by atoms with van der Waals surface area (Å²) in [6.45, 7) is 1.31. The summed E-state index contributed by atoms with van der Waals surface area (Å²) in [7, 11) is 0. The largest absolute Gasteiger partial charge is 0.504 e. The number of rotatable bonds is 4. The molecule has 0 saturated heterocycles. The van der Waals surface area contributed by atoms with Crippen molar-refractivity contribution < 1.29 is 10.2 Å². The minimum absolute atomic E-state index is 0.0406. The fraction of sp³-hybridized carbons (Fsp3) is 0.167. The van der Waals surface area contributed by atoms with Crippen LogP contribution in [0.4, 0.5) is 0 Å². The monoisotopic (exact) mass is 235 g/mol. The number of hydrogen-bond donors (Lipinski definition) is 3. The molecule has 0 atom stereocenters. The lowest BCUT2D eigenvalue weighted by Gasteiger charge is -2.06. The minimum Gasteiger partial charge on any atom is -0.504 e. The van der Waals surface area contributed by atoms with E-state index < -0.39 is 0 Å². The van der Waals surface area contributed by atoms with Crippen LogP contribution in [0.25, 0.3) is 0 Å². The summed E-state index contributed by atoms with van der Waals surface area (Å²) in [5.41, 5.74) is 0.705. The van der Waals surface area contributed by atoms with Crippen molar-refractivity contribution in [2.45, 2.75) is 13.1 Å². The third-order valence-electron chi connectivity index (χ3n) is 2.29. The van der Waals surface area contributed by atoms with Crippen molar-refractivity contribution in [3.05, 3.63) is 46.2 Å². The molecule has 0 amide bonds. The molecule has 16 heavy (non-hydrogen) atoms. The van der Waals surface area contributed by atoms with E-state index in [1.807, 2.05) is 11.4 Å². The highest BCUT2D eigenvalue weighted by molar-refractivity contribution is 7.09. The molecule has 0 saturated carbocycles.